The van der Waals surface area contributed by atoms with Gasteiger partial charge in [-0.3, -0.25) is 4.90 Å². The third-order valence-electron chi connectivity index (χ3n) is 6.80. The second-order valence-corrected chi connectivity index (χ2v) is 10.6. The maximum Gasteiger partial charge on any atom is 0.344 e. The first-order valence-electron chi connectivity index (χ1n) is 11.2. The van der Waals surface area contributed by atoms with Gasteiger partial charge in [-0.05, 0) is 116 Å². The van der Waals surface area contributed by atoms with Gasteiger partial charge < -0.3 is 5.32 Å². The van der Waals surface area contributed by atoms with E-state index >= 15 is 0 Å². The van der Waals surface area contributed by atoms with E-state index in [0.29, 0.717) is 6.04 Å². The molecule has 7 heteroatoms. The molecule has 5 nitrogen and oxygen atoms in total. The number of nitrogens with zero attached hydrogens (tertiary/aromatic N) is 1. The number of amides is 2. The van der Waals surface area contributed by atoms with Gasteiger partial charge in [-0.1, -0.05) is 18.2 Å². The van der Waals surface area contributed by atoms with Crippen molar-refractivity contribution in [3.8, 4) is 0 Å². The molecule has 2 N–H and O–H groups in total. The Bertz CT molecular complexity index is 932. The zero-order chi connectivity index (χ0) is 21.2. The van der Waals surface area contributed by atoms with Gasteiger partial charge in [0.15, 0.2) is 0 Å². The highest BCUT2D eigenvalue weighted by Crippen LogP contribution is 2.39. The van der Waals surface area contributed by atoms with Gasteiger partial charge in [0.1, 0.15) is 0 Å². The van der Waals surface area contributed by atoms with E-state index in [1.165, 1.54) is 81.9 Å². The van der Waals surface area contributed by atoms with Crippen molar-refractivity contribution in [1.82, 2.24) is 10.4 Å². The van der Waals surface area contributed by atoms with Crippen LogP contribution in [-0.2, 0) is 30.0 Å². The lowest BCUT2D eigenvalue weighted by Crippen LogP contribution is -2.27. The lowest BCUT2D eigenvalue weighted by atomic mass is 9.99. The van der Waals surface area contributed by atoms with Gasteiger partial charge >= 0.3 is 6.03 Å². The van der Waals surface area contributed by atoms with Gasteiger partial charge in [0, 0.05) is 16.6 Å². The van der Waals surface area contributed by atoms with Crippen LogP contribution in [0.1, 0.15) is 59.5 Å². The molecule has 1 saturated heterocycles. The van der Waals surface area contributed by atoms with E-state index in [0.717, 1.165) is 36.3 Å². The number of rotatable bonds is 6. The highest BCUT2D eigenvalue weighted by atomic mass is 33.1. The van der Waals surface area contributed by atoms with Crippen molar-refractivity contribution in [3.05, 3.63) is 58.1 Å². The Kier molecular flexibility index (Phi) is 6.46. The molecule has 1 unspecified atom stereocenters. The van der Waals surface area contributed by atoms with Crippen molar-refractivity contribution in [2.24, 2.45) is 0 Å². The van der Waals surface area contributed by atoms with Crippen LogP contribution in [0, 0.1) is 0 Å². The summed E-state index contributed by atoms with van der Waals surface area (Å²) in [6, 6.07) is 11.2. The first-order valence-corrected chi connectivity index (χ1v) is 13.3. The molecule has 5 rings (SSSR count). The Labute approximate surface area is 192 Å². The molecule has 2 aliphatic carbocycles. The first kappa shape index (κ1) is 21.2. The molecule has 2 amide bonds. The van der Waals surface area contributed by atoms with Crippen LogP contribution < -0.4 is 10.8 Å². The van der Waals surface area contributed by atoms with Gasteiger partial charge in [0.05, 0.1) is 11.1 Å². The van der Waals surface area contributed by atoms with Crippen LogP contribution in [0.3, 0.4) is 0 Å². The van der Waals surface area contributed by atoms with Crippen LogP contribution in [0.4, 0.5) is 10.5 Å². The molecule has 164 valence electrons. The number of fused-ring (bicyclic) bond motifs is 2. The predicted octanol–water partition coefficient (Wildman–Crippen LogP) is 5.84. The zero-order valence-corrected chi connectivity index (χ0v) is 19.5. The second kappa shape index (κ2) is 9.45. The Morgan fingerprint density at radius 2 is 1.74 bits per heavy atom. The molecule has 2 aromatic carbocycles. The fourth-order valence-corrected chi connectivity index (χ4v) is 6.54. The topological polar surface area (TPSA) is 53.6 Å². The average molecular weight is 456 g/mol. The number of benzene rings is 2. The van der Waals surface area contributed by atoms with Crippen LogP contribution in [-0.4, -0.2) is 24.5 Å². The van der Waals surface area contributed by atoms with Crippen molar-refractivity contribution in [3.63, 3.8) is 0 Å². The molecule has 2 aromatic rings. The first-order chi connectivity index (χ1) is 15.2. The smallest absolute Gasteiger partial charge is 0.306 e. The van der Waals surface area contributed by atoms with E-state index in [9.17, 15) is 4.79 Å². The maximum absolute atomic E-state index is 12.5. The Morgan fingerprint density at radius 1 is 1.03 bits per heavy atom. The van der Waals surface area contributed by atoms with Crippen molar-refractivity contribution < 1.29 is 9.08 Å². The number of carbonyl (C=O) groups excluding carboxylic acids is 1. The minimum atomic E-state index is -0.304. The van der Waals surface area contributed by atoms with Gasteiger partial charge in [0.25, 0.3) is 0 Å². The third-order valence-corrected chi connectivity index (χ3v) is 8.47. The zero-order valence-electron chi connectivity index (χ0n) is 17.9. The number of aryl methyl sites for hydroxylation is 2. The molecule has 0 saturated carbocycles. The molecule has 1 fully saturated rings. The van der Waals surface area contributed by atoms with Crippen LogP contribution >= 0.6 is 21.9 Å². The normalized spacial score (nSPS) is 20.0. The van der Waals surface area contributed by atoms with E-state index in [1.807, 2.05) is 0 Å². The molecule has 0 aromatic heterocycles. The summed E-state index contributed by atoms with van der Waals surface area (Å²) in [5, 5.41) is 3.08. The van der Waals surface area contributed by atoms with Crippen LogP contribution in [0.5, 0.6) is 0 Å². The largest absolute Gasteiger partial charge is 0.344 e. The van der Waals surface area contributed by atoms with E-state index < -0.39 is 0 Å². The average Bonchev–Trinajstić information content (AvgIpc) is 3.52. The Hall–Kier alpha value is -1.67. The molecule has 1 atom stereocenters. The van der Waals surface area contributed by atoms with E-state index in [2.05, 4.69) is 53.1 Å². The molecular formula is C24H29N3O2S2. The fraction of sp³-hybridized carbons (Fsp3) is 0.458. The number of hydroxylamine groups is 1. The van der Waals surface area contributed by atoms with E-state index in [1.54, 1.807) is 0 Å². The monoisotopic (exact) mass is 455 g/mol. The minimum absolute atomic E-state index is 0.304. The number of nitrogens with one attached hydrogen (secondary N) is 2. The number of hydrogen-bond acceptors (Lipinski definition) is 5. The standard InChI is InChI=1S/C24H29N3O2S2/c1-27-14-4-9-22(27)16-10-12-19(13-11-16)30-31-29-26-24(28)25-23-20-7-2-5-17(20)15-18-6-3-8-21(18)23/h10-13,15,22H,2-9,14H2,1H3,(H2,25,26,28). The summed E-state index contributed by atoms with van der Waals surface area (Å²) in [4.78, 5) is 16.0. The van der Waals surface area contributed by atoms with Gasteiger partial charge in [-0.15, -0.1) is 0 Å². The van der Waals surface area contributed by atoms with E-state index in [4.69, 9.17) is 4.28 Å². The van der Waals surface area contributed by atoms with Crippen LogP contribution in [0.2, 0.25) is 0 Å². The number of likely N-dealkylation sites (tertiary alicyclic amines) is 1. The molecule has 1 heterocycles. The lowest BCUT2D eigenvalue weighted by Gasteiger charge is -2.19. The summed E-state index contributed by atoms with van der Waals surface area (Å²) < 4.78 is 5.37. The summed E-state index contributed by atoms with van der Waals surface area (Å²) in [6.45, 7) is 1.17. The highest BCUT2D eigenvalue weighted by Gasteiger charge is 2.25. The van der Waals surface area contributed by atoms with Crippen molar-refractivity contribution in [1.29, 1.82) is 0 Å². The molecule has 31 heavy (non-hydrogen) atoms. The summed E-state index contributed by atoms with van der Waals surface area (Å²) in [5.74, 6) is 0. The van der Waals surface area contributed by atoms with Crippen molar-refractivity contribution >= 4 is 33.6 Å². The van der Waals surface area contributed by atoms with Crippen molar-refractivity contribution in [2.45, 2.75) is 62.3 Å². The predicted molar refractivity (Wildman–Crippen MR) is 128 cm³/mol. The summed E-state index contributed by atoms with van der Waals surface area (Å²) in [5.41, 5.74) is 10.4. The second-order valence-electron chi connectivity index (χ2n) is 8.73. The number of anilines is 1. The van der Waals surface area contributed by atoms with Gasteiger partial charge in [-0.25, -0.2) is 10.3 Å². The SMILES string of the molecule is CN1CCCC1c1ccc(SSONC(=O)Nc2c3c(cc4c2CCC4)CCC3)cc1. The van der Waals surface area contributed by atoms with E-state index in [-0.39, 0.29) is 6.03 Å². The van der Waals surface area contributed by atoms with Gasteiger partial charge in [0.2, 0.25) is 0 Å². The fourth-order valence-electron chi connectivity index (χ4n) is 5.29. The number of hydrogen-bond donors (Lipinski definition) is 2. The quantitative estimate of drug-likeness (QED) is 0.248. The molecule has 0 radical (unpaired) electrons. The van der Waals surface area contributed by atoms with Crippen molar-refractivity contribution in [2.75, 3.05) is 18.9 Å². The molecular weight excluding hydrogens is 426 g/mol. The number of urea groups is 1. The highest BCUT2D eigenvalue weighted by molar-refractivity contribution is 8.74. The van der Waals surface area contributed by atoms with Crippen LogP contribution in [0.15, 0.2) is 35.2 Å². The van der Waals surface area contributed by atoms with Gasteiger partial charge in [-0.2, -0.15) is 4.28 Å². The molecule has 3 aliphatic rings. The van der Waals surface area contributed by atoms with Crippen LogP contribution in [0.25, 0.3) is 0 Å². The molecule has 0 bridgehead atoms. The Balaban J connectivity index is 1.12. The third kappa shape index (κ3) is 4.60. The summed E-state index contributed by atoms with van der Waals surface area (Å²) in [7, 11) is 3.69. The summed E-state index contributed by atoms with van der Waals surface area (Å²) in [6.07, 6.45) is 9.19. The number of carbonyl (C=O) groups is 1. The Morgan fingerprint density at radius 3 is 2.39 bits per heavy atom. The molecule has 1 aliphatic heterocycles. The minimum Gasteiger partial charge on any atom is -0.306 e. The maximum atomic E-state index is 12.5. The molecule has 0 spiro atoms. The lowest BCUT2D eigenvalue weighted by molar-refractivity contribution is 0.208. The summed E-state index contributed by atoms with van der Waals surface area (Å²) >= 11 is 1.17.